The molecule has 1 aromatic heterocycles. The largest absolute Gasteiger partial charge is 0.496 e. The van der Waals surface area contributed by atoms with Gasteiger partial charge in [0.1, 0.15) is 11.3 Å². The zero-order valence-electron chi connectivity index (χ0n) is 15.6. The number of pyridine rings is 1. The maximum Gasteiger partial charge on any atom is 0.259 e. The Bertz CT molecular complexity index is 690. The van der Waals surface area contributed by atoms with Gasteiger partial charge in [0.25, 0.3) is 11.5 Å². The highest BCUT2D eigenvalue weighted by Crippen LogP contribution is 2.26. The molecule has 2 aliphatic rings. The van der Waals surface area contributed by atoms with Crippen LogP contribution in [0.3, 0.4) is 0 Å². The van der Waals surface area contributed by atoms with Crippen LogP contribution in [-0.2, 0) is 13.0 Å². The highest BCUT2D eigenvalue weighted by Gasteiger charge is 2.29. The molecular weight excluding hydrogens is 318 g/mol. The second-order valence-corrected chi connectivity index (χ2v) is 7.47. The maximum absolute atomic E-state index is 13.1. The van der Waals surface area contributed by atoms with Crippen molar-refractivity contribution in [3.63, 3.8) is 0 Å². The van der Waals surface area contributed by atoms with Crippen molar-refractivity contribution >= 4 is 5.91 Å². The maximum atomic E-state index is 13.1. The van der Waals surface area contributed by atoms with Crippen LogP contribution < -0.4 is 10.3 Å². The molecule has 138 valence electrons. The lowest BCUT2D eigenvalue weighted by molar-refractivity contribution is 0.0787. The standard InChI is InChI=1S/C19H29N3O3/c1-14(2)13-20-9-6-15-18(19(24)21-7-4-5-8-21)16(25-3)12-17(23)22(15)11-10-20/h12,14H,4-11,13H2,1-3H3. The molecule has 0 unspecified atom stereocenters. The van der Waals surface area contributed by atoms with E-state index in [2.05, 4.69) is 18.7 Å². The van der Waals surface area contributed by atoms with E-state index in [-0.39, 0.29) is 11.5 Å². The van der Waals surface area contributed by atoms with Crippen molar-refractivity contribution in [1.82, 2.24) is 14.4 Å². The number of aromatic nitrogens is 1. The SMILES string of the molecule is COc1cc(=O)n2c(c1C(=O)N1CCCC1)CCN(CC(C)C)CC2. The van der Waals surface area contributed by atoms with Gasteiger partial charge in [0.15, 0.2) is 0 Å². The summed E-state index contributed by atoms with van der Waals surface area (Å²) in [6, 6.07) is 1.48. The average Bonchev–Trinajstić information content (AvgIpc) is 3.03. The van der Waals surface area contributed by atoms with Crippen molar-refractivity contribution in [2.75, 3.05) is 39.8 Å². The first-order valence-corrected chi connectivity index (χ1v) is 9.33. The molecule has 1 amide bonds. The number of methoxy groups -OCH3 is 1. The second-order valence-electron chi connectivity index (χ2n) is 7.47. The van der Waals surface area contributed by atoms with Gasteiger partial charge in [0, 0.05) is 57.4 Å². The zero-order valence-corrected chi connectivity index (χ0v) is 15.6. The molecule has 3 rings (SSSR count). The first-order valence-electron chi connectivity index (χ1n) is 9.33. The first kappa shape index (κ1) is 18.0. The third kappa shape index (κ3) is 3.73. The van der Waals surface area contributed by atoms with E-state index < -0.39 is 0 Å². The number of rotatable bonds is 4. The quantitative estimate of drug-likeness (QED) is 0.830. The predicted octanol–water partition coefficient (Wildman–Crippen LogP) is 1.61. The summed E-state index contributed by atoms with van der Waals surface area (Å²) in [5.41, 5.74) is 1.36. The van der Waals surface area contributed by atoms with Crippen molar-refractivity contribution in [3.8, 4) is 5.75 Å². The summed E-state index contributed by atoms with van der Waals surface area (Å²) in [5, 5.41) is 0. The van der Waals surface area contributed by atoms with Crippen LogP contribution in [0.25, 0.3) is 0 Å². The van der Waals surface area contributed by atoms with Crippen LogP contribution in [0, 0.1) is 5.92 Å². The van der Waals surface area contributed by atoms with Gasteiger partial charge >= 0.3 is 0 Å². The van der Waals surface area contributed by atoms with E-state index in [1.165, 1.54) is 13.2 Å². The number of fused-ring (bicyclic) bond motifs is 1. The molecule has 0 radical (unpaired) electrons. The van der Waals surface area contributed by atoms with E-state index in [9.17, 15) is 9.59 Å². The minimum atomic E-state index is -0.0729. The number of carbonyl (C=O) groups excluding carboxylic acids is 1. The van der Waals surface area contributed by atoms with Crippen LogP contribution in [0.2, 0.25) is 0 Å². The summed E-state index contributed by atoms with van der Waals surface area (Å²) in [6.45, 7) is 9.34. The lowest BCUT2D eigenvalue weighted by Gasteiger charge is -2.21. The van der Waals surface area contributed by atoms with E-state index in [1.807, 2.05) is 4.90 Å². The molecule has 1 fully saturated rings. The van der Waals surface area contributed by atoms with Gasteiger partial charge in [0.2, 0.25) is 0 Å². The lowest BCUT2D eigenvalue weighted by atomic mass is 10.1. The second kappa shape index (κ2) is 7.60. The molecule has 25 heavy (non-hydrogen) atoms. The first-order chi connectivity index (χ1) is 12.0. The fourth-order valence-corrected chi connectivity index (χ4v) is 3.96. The van der Waals surface area contributed by atoms with Gasteiger partial charge in [0.05, 0.1) is 7.11 Å². The molecule has 3 heterocycles. The van der Waals surface area contributed by atoms with Crippen LogP contribution >= 0.6 is 0 Å². The predicted molar refractivity (Wildman–Crippen MR) is 97.4 cm³/mol. The van der Waals surface area contributed by atoms with Gasteiger partial charge in [-0.25, -0.2) is 0 Å². The van der Waals surface area contributed by atoms with Gasteiger partial charge in [-0.1, -0.05) is 13.8 Å². The van der Waals surface area contributed by atoms with E-state index in [4.69, 9.17) is 4.74 Å². The fourth-order valence-electron chi connectivity index (χ4n) is 3.96. The van der Waals surface area contributed by atoms with Gasteiger partial charge in [-0.05, 0) is 18.8 Å². The minimum Gasteiger partial charge on any atom is -0.496 e. The number of ether oxygens (including phenoxy) is 1. The average molecular weight is 347 g/mol. The molecular formula is C19H29N3O3. The Balaban J connectivity index is 1.99. The van der Waals surface area contributed by atoms with Gasteiger partial charge < -0.3 is 19.1 Å². The molecule has 0 aliphatic carbocycles. The van der Waals surface area contributed by atoms with Crippen molar-refractivity contribution in [2.45, 2.75) is 39.7 Å². The summed E-state index contributed by atoms with van der Waals surface area (Å²) < 4.78 is 7.21. The third-order valence-corrected chi connectivity index (χ3v) is 5.14. The zero-order chi connectivity index (χ0) is 18.0. The molecule has 0 aromatic carbocycles. The third-order valence-electron chi connectivity index (χ3n) is 5.14. The van der Waals surface area contributed by atoms with Crippen molar-refractivity contribution in [1.29, 1.82) is 0 Å². The number of hydrogen-bond acceptors (Lipinski definition) is 4. The van der Waals surface area contributed by atoms with E-state index in [0.717, 1.165) is 51.3 Å². The number of nitrogens with zero attached hydrogens (tertiary/aromatic N) is 3. The monoisotopic (exact) mass is 347 g/mol. The molecule has 2 aliphatic heterocycles. The smallest absolute Gasteiger partial charge is 0.259 e. The lowest BCUT2D eigenvalue weighted by Crippen LogP contribution is -2.33. The van der Waals surface area contributed by atoms with E-state index in [1.54, 1.807) is 4.57 Å². The molecule has 0 N–H and O–H groups in total. The summed E-state index contributed by atoms with van der Waals surface area (Å²) >= 11 is 0. The highest BCUT2D eigenvalue weighted by molar-refractivity contribution is 5.98. The van der Waals surface area contributed by atoms with E-state index in [0.29, 0.717) is 30.2 Å². The van der Waals surface area contributed by atoms with Crippen LogP contribution in [-0.4, -0.2) is 60.1 Å². The highest BCUT2D eigenvalue weighted by atomic mass is 16.5. The van der Waals surface area contributed by atoms with Crippen molar-refractivity contribution in [3.05, 3.63) is 27.7 Å². The minimum absolute atomic E-state index is 0.00964. The van der Waals surface area contributed by atoms with Gasteiger partial charge in [-0.2, -0.15) is 0 Å². The number of likely N-dealkylation sites (tertiary alicyclic amines) is 1. The topological polar surface area (TPSA) is 54.8 Å². The number of amides is 1. The van der Waals surface area contributed by atoms with Crippen LogP contribution in [0.15, 0.2) is 10.9 Å². The van der Waals surface area contributed by atoms with E-state index >= 15 is 0 Å². The Morgan fingerprint density at radius 2 is 1.88 bits per heavy atom. The van der Waals surface area contributed by atoms with Crippen LogP contribution in [0.1, 0.15) is 42.7 Å². The Labute approximate surface area is 149 Å². The molecule has 1 aromatic rings. The molecule has 6 heteroatoms. The Morgan fingerprint density at radius 3 is 2.52 bits per heavy atom. The van der Waals surface area contributed by atoms with Crippen LogP contribution in [0.5, 0.6) is 5.75 Å². The van der Waals surface area contributed by atoms with Crippen molar-refractivity contribution < 1.29 is 9.53 Å². The Hall–Kier alpha value is -1.82. The Morgan fingerprint density at radius 1 is 1.16 bits per heavy atom. The molecule has 6 nitrogen and oxygen atoms in total. The van der Waals surface area contributed by atoms with Crippen molar-refractivity contribution in [2.24, 2.45) is 5.92 Å². The number of carbonyl (C=O) groups is 1. The molecule has 0 atom stereocenters. The molecule has 0 bridgehead atoms. The van der Waals surface area contributed by atoms with Gasteiger partial charge in [-0.15, -0.1) is 0 Å². The van der Waals surface area contributed by atoms with Gasteiger partial charge in [-0.3, -0.25) is 9.59 Å². The Kier molecular flexibility index (Phi) is 5.47. The summed E-state index contributed by atoms with van der Waals surface area (Å²) in [5.74, 6) is 1.01. The molecule has 0 spiro atoms. The normalized spacial score (nSPS) is 18.3. The fraction of sp³-hybridized carbons (Fsp3) is 0.684. The molecule has 1 saturated heterocycles. The summed E-state index contributed by atoms with van der Waals surface area (Å²) in [6.07, 6.45) is 2.80. The number of hydrogen-bond donors (Lipinski definition) is 0. The summed E-state index contributed by atoms with van der Waals surface area (Å²) in [7, 11) is 1.54. The molecule has 0 saturated carbocycles. The summed E-state index contributed by atoms with van der Waals surface area (Å²) in [4.78, 5) is 29.9. The van der Waals surface area contributed by atoms with Crippen LogP contribution in [0.4, 0.5) is 0 Å².